The molecule has 96 valence electrons. The van der Waals surface area contributed by atoms with Crippen molar-refractivity contribution in [1.29, 1.82) is 0 Å². The van der Waals surface area contributed by atoms with Gasteiger partial charge < -0.3 is 0 Å². The van der Waals surface area contributed by atoms with Gasteiger partial charge in [-0.25, -0.2) is 5.43 Å². The van der Waals surface area contributed by atoms with E-state index in [2.05, 4.69) is 81.9 Å². The van der Waals surface area contributed by atoms with Crippen LogP contribution >= 0.6 is 33.9 Å². The molecule has 3 N–H and O–H groups in total. The third kappa shape index (κ3) is 2.53. The first-order chi connectivity index (χ1) is 9.29. The van der Waals surface area contributed by atoms with Crippen LogP contribution in [0.1, 0.15) is 17.2 Å². The lowest BCUT2D eigenvalue weighted by Crippen LogP contribution is -2.28. The second kappa shape index (κ2) is 5.58. The molecule has 0 saturated heterocycles. The van der Waals surface area contributed by atoms with Crippen LogP contribution in [-0.4, -0.2) is 0 Å². The predicted molar refractivity (Wildman–Crippen MR) is 90.2 cm³/mol. The number of hydrogen-bond acceptors (Lipinski definition) is 3. The van der Waals surface area contributed by atoms with Gasteiger partial charge in [-0.2, -0.15) is 0 Å². The van der Waals surface area contributed by atoms with Crippen molar-refractivity contribution in [3.8, 4) is 0 Å². The molecule has 0 amide bonds. The Bertz CT molecular complexity index is 708. The fourth-order valence-corrected chi connectivity index (χ4v) is 3.81. The van der Waals surface area contributed by atoms with Crippen molar-refractivity contribution in [3.63, 3.8) is 0 Å². The van der Waals surface area contributed by atoms with E-state index in [4.69, 9.17) is 5.84 Å². The lowest BCUT2D eigenvalue weighted by molar-refractivity contribution is 0.641. The molecule has 3 aromatic rings. The van der Waals surface area contributed by atoms with Gasteiger partial charge in [-0.05, 0) is 62.7 Å². The molecule has 0 spiro atoms. The second-order valence-corrected chi connectivity index (χ2v) is 6.50. The molecular formula is C15H13IN2S. The first kappa shape index (κ1) is 13.1. The van der Waals surface area contributed by atoms with Crippen LogP contribution in [0.25, 0.3) is 10.1 Å². The van der Waals surface area contributed by atoms with E-state index in [1.807, 2.05) is 0 Å². The van der Waals surface area contributed by atoms with Crippen LogP contribution in [0.5, 0.6) is 0 Å². The summed E-state index contributed by atoms with van der Waals surface area (Å²) in [6, 6.07) is 17.0. The molecule has 19 heavy (non-hydrogen) atoms. The topological polar surface area (TPSA) is 38.0 Å². The van der Waals surface area contributed by atoms with Gasteiger partial charge in [0.2, 0.25) is 0 Å². The lowest BCUT2D eigenvalue weighted by atomic mass is 9.98. The van der Waals surface area contributed by atoms with Crippen LogP contribution in [0.4, 0.5) is 0 Å². The zero-order valence-electron chi connectivity index (χ0n) is 10.1. The number of rotatable bonds is 3. The van der Waals surface area contributed by atoms with Crippen molar-refractivity contribution in [2.24, 2.45) is 5.84 Å². The molecule has 2 aromatic carbocycles. The van der Waals surface area contributed by atoms with Crippen molar-refractivity contribution in [3.05, 3.63) is 68.6 Å². The third-order valence-electron chi connectivity index (χ3n) is 3.17. The van der Waals surface area contributed by atoms with Crippen molar-refractivity contribution in [2.75, 3.05) is 0 Å². The van der Waals surface area contributed by atoms with Gasteiger partial charge >= 0.3 is 0 Å². The summed E-state index contributed by atoms with van der Waals surface area (Å²) in [6.07, 6.45) is 0. The molecule has 0 bridgehead atoms. The van der Waals surface area contributed by atoms with Crippen molar-refractivity contribution in [1.82, 2.24) is 5.43 Å². The van der Waals surface area contributed by atoms with Crippen molar-refractivity contribution >= 4 is 44.0 Å². The summed E-state index contributed by atoms with van der Waals surface area (Å²) in [5.74, 6) is 5.80. The highest BCUT2D eigenvalue weighted by molar-refractivity contribution is 14.1. The van der Waals surface area contributed by atoms with Crippen LogP contribution in [0.2, 0.25) is 0 Å². The van der Waals surface area contributed by atoms with E-state index in [1.54, 1.807) is 11.3 Å². The Balaban J connectivity index is 2.14. The van der Waals surface area contributed by atoms with E-state index >= 15 is 0 Å². The van der Waals surface area contributed by atoms with E-state index in [9.17, 15) is 0 Å². The average Bonchev–Trinajstić information content (AvgIpc) is 2.89. The summed E-state index contributed by atoms with van der Waals surface area (Å²) in [5.41, 5.74) is 5.37. The molecule has 1 unspecified atom stereocenters. The quantitative estimate of drug-likeness (QED) is 0.409. The molecule has 0 aliphatic carbocycles. The maximum atomic E-state index is 5.80. The summed E-state index contributed by atoms with van der Waals surface area (Å²) in [4.78, 5) is 0. The van der Waals surface area contributed by atoms with Gasteiger partial charge in [0.15, 0.2) is 0 Å². The Labute approximate surface area is 129 Å². The molecule has 0 saturated carbocycles. The minimum Gasteiger partial charge on any atom is -0.271 e. The van der Waals surface area contributed by atoms with Gasteiger partial charge in [-0.15, -0.1) is 11.3 Å². The van der Waals surface area contributed by atoms with Gasteiger partial charge in [0, 0.05) is 8.27 Å². The van der Waals surface area contributed by atoms with Crippen LogP contribution < -0.4 is 11.3 Å². The largest absolute Gasteiger partial charge is 0.271 e. The number of nitrogens with one attached hydrogen (secondary N) is 1. The Hall–Kier alpha value is -0.950. The monoisotopic (exact) mass is 380 g/mol. The van der Waals surface area contributed by atoms with Crippen LogP contribution in [0.15, 0.2) is 53.9 Å². The summed E-state index contributed by atoms with van der Waals surface area (Å²) >= 11 is 4.08. The smallest absolute Gasteiger partial charge is 0.0724 e. The molecule has 0 radical (unpaired) electrons. The zero-order chi connectivity index (χ0) is 13.2. The molecular weight excluding hydrogens is 367 g/mol. The summed E-state index contributed by atoms with van der Waals surface area (Å²) in [7, 11) is 0. The van der Waals surface area contributed by atoms with E-state index in [-0.39, 0.29) is 6.04 Å². The predicted octanol–water partition coefficient (Wildman–Crippen LogP) is 4.06. The fourth-order valence-electron chi connectivity index (χ4n) is 2.30. The Morgan fingerprint density at radius 3 is 2.74 bits per heavy atom. The standard InChI is InChI=1S/C15H13IN2S/c16-12-5-1-4-11(9-12)14(18-17)13-6-2-3-10-7-8-19-15(10)13/h1-9,14,18H,17H2. The van der Waals surface area contributed by atoms with E-state index in [1.165, 1.54) is 24.8 Å². The SMILES string of the molecule is NNC(c1cccc(I)c1)c1cccc2ccsc12. The zero-order valence-corrected chi connectivity index (χ0v) is 13.1. The molecule has 0 aliphatic rings. The molecule has 1 atom stereocenters. The number of hydrazine groups is 1. The van der Waals surface area contributed by atoms with Gasteiger partial charge in [-0.1, -0.05) is 30.3 Å². The normalized spacial score (nSPS) is 12.7. The number of nitrogens with two attached hydrogens (primary N) is 1. The summed E-state index contributed by atoms with van der Waals surface area (Å²) < 4.78 is 2.51. The molecule has 1 aromatic heterocycles. The maximum Gasteiger partial charge on any atom is 0.0724 e. The number of thiophene rings is 1. The minimum atomic E-state index is 0.0251. The number of hydrogen-bond donors (Lipinski definition) is 2. The summed E-state index contributed by atoms with van der Waals surface area (Å²) in [6.45, 7) is 0. The number of fused-ring (bicyclic) bond motifs is 1. The highest BCUT2D eigenvalue weighted by Gasteiger charge is 2.15. The highest BCUT2D eigenvalue weighted by atomic mass is 127. The van der Waals surface area contributed by atoms with Crippen LogP contribution in [0.3, 0.4) is 0 Å². The Morgan fingerprint density at radius 1 is 1.11 bits per heavy atom. The Kier molecular flexibility index (Phi) is 3.83. The summed E-state index contributed by atoms with van der Waals surface area (Å²) in [5, 5.41) is 3.39. The third-order valence-corrected chi connectivity index (χ3v) is 4.82. The number of halogens is 1. The minimum absolute atomic E-state index is 0.0251. The van der Waals surface area contributed by atoms with E-state index < -0.39 is 0 Å². The fraction of sp³-hybridized carbons (Fsp3) is 0.0667. The van der Waals surface area contributed by atoms with Crippen LogP contribution in [-0.2, 0) is 0 Å². The highest BCUT2D eigenvalue weighted by Crippen LogP contribution is 2.32. The first-order valence-electron chi connectivity index (χ1n) is 5.97. The molecule has 2 nitrogen and oxygen atoms in total. The maximum absolute atomic E-state index is 5.80. The molecule has 3 rings (SSSR count). The second-order valence-electron chi connectivity index (χ2n) is 4.34. The van der Waals surface area contributed by atoms with Gasteiger partial charge in [0.05, 0.1) is 6.04 Å². The van der Waals surface area contributed by atoms with Gasteiger partial charge in [-0.3, -0.25) is 5.84 Å². The molecule has 0 fully saturated rings. The van der Waals surface area contributed by atoms with Gasteiger partial charge in [0.1, 0.15) is 0 Å². The molecule has 0 aliphatic heterocycles. The first-order valence-corrected chi connectivity index (χ1v) is 7.93. The Morgan fingerprint density at radius 2 is 1.95 bits per heavy atom. The van der Waals surface area contributed by atoms with Gasteiger partial charge in [0.25, 0.3) is 0 Å². The van der Waals surface area contributed by atoms with E-state index in [0.717, 1.165) is 0 Å². The molecule has 4 heteroatoms. The average molecular weight is 380 g/mol. The van der Waals surface area contributed by atoms with Crippen molar-refractivity contribution < 1.29 is 0 Å². The van der Waals surface area contributed by atoms with Crippen LogP contribution in [0, 0.1) is 3.57 Å². The lowest BCUT2D eigenvalue weighted by Gasteiger charge is -2.18. The van der Waals surface area contributed by atoms with E-state index in [0.29, 0.717) is 0 Å². The van der Waals surface area contributed by atoms with Crippen molar-refractivity contribution in [2.45, 2.75) is 6.04 Å². The molecule has 1 heterocycles. The number of benzene rings is 2.